The van der Waals surface area contributed by atoms with Gasteiger partial charge in [0.25, 0.3) is 5.91 Å². The predicted octanol–water partition coefficient (Wildman–Crippen LogP) is 3.72. The Morgan fingerprint density at radius 2 is 1.53 bits per heavy atom. The number of benzene rings is 3. The first kappa shape index (κ1) is 21.6. The molecular formula is C27H20N4O2S. The van der Waals surface area contributed by atoms with E-state index in [1.807, 2.05) is 36.4 Å². The van der Waals surface area contributed by atoms with Crippen molar-refractivity contribution < 1.29 is 9.59 Å². The standard InChI is InChI=1S/C27H20N4O2S/c28-16-21-22(23(32)19-12-6-2-7-13-19)27(20-14-8-3-9-15-20)25(33)30(26(34)31(27)24(21)29)17-18-10-4-1-5-11-18/h1-15,22H,17,29H2. The van der Waals surface area contributed by atoms with Gasteiger partial charge < -0.3 is 5.73 Å². The van der Waals surface area contributed by atoms with Crippen LogP contribution in [0.15, 0.2) is 102 Å². The molecule has 2 atom stereocenters. The topological polar surface area (TPSA) is 90.4 Å². The molecule has 0 radical (unpaired) electrons. The van der Waals surface area contributed by atoms with Crippen LogP contribution in [0.1, 0.15) is 21.5 Å². The van der Waals surface area contributed by atoms with Crippen molar-refractivity contribution in [3.8, 4) is 6.07 Å². The van der Waals surface area contributed by atoms with Gasteiger partial charge in [0.15, 0.2) is 16.4 Å². The average molecular weight is 465 g/mol. The van der Waals surface area contributed by atoms with Crippen LogP contribution in [0.2, 0.25) is 0 Å². The Hall–Kier alpha value is -4.28. The molecule has 34 heavy (non-hydrogen) atoms. The Balaban J connectivity index is 1.74. The monoisotopic (exact) mass is 464 g/mol. The fraction of sp³-hybridized carbons (Fsp3) is 0.111. The van der Waals surface area contributed by atoms with Gasteiger partial charge in [-0.1, -0.05) is 91.0 Å². The van der Waals surface area contributed by atoms with Crippen molar-refractivity contribution in [2.45, 2.75) is 12.1 Å². The molecule has 0 spiro atoms. The van der Waals surface area contributed by atoms with E-state index in [-0.39, 0.29) is 34.7 Å². The van der Waals surface area contributed by atoms with Crippen molar-refractivity contribution in [1.29, 1.82) is 5.26 Å². The van der Waals surface area contributed by atoms with Gasteiger partial charge in [0.2, 0.25) is 0 Å². The lowest BCUT2D eigenvalue weighted by Crippen LogP contribution is -2.51. The lowest BCUT2D eigenvalue weighted by molar-refractivity contribution is -0.134. The lowest BCUT2D eigenvalue weighted by atomic mass is 9.72. The molecule has 5 rings (SSSR count). The third-order valence-corrected chi connectivity index (χ3v) is 6.81. The maximum Gasteiger partial charge on any atom is 0.261 e. The van der Waals surface area contributed by atoms with Gasteiger partial charge >= 0.3 is 0 Å². The summed E-state index contributed by atoms with van der Waals surface area (Å²) >= 11 is 5.76. The van der Waals surface area contributed by atoms with Crippen LogP contribution >= 0.6 is 12.2 Å². The van der Waals surface area contributed by atoms with Gasteiger partial charge in [0, 0.05) is 5.56 Å². The summed E-state index contributed by atoms with van der Waals surface area (Å²) in [5, 5.41) is 10.2. The summed E-state index contributed by atoms with van der Waals surface area (Å²) in [6.45, 7) is 0.227. The molecule has 7 heteroatoms. The smallest absolute Gasteiger partial charge is 0.261 e. The van der Waals surface area contributed by atoms with Crippen LogP contribution in [0.5, 0.6) is 0 Å². The SMILES string of the molecule is N#CC1=C(N)N2C(=S)N(Cc3ccccc3)C(=O)C2(c2ccccc2)C1C(=O)c1ccccc1. The summed E-state index contributed by atoms with van der Waals surface area (Å²) in [4.78, 5) is 31.2. The minimum atomic E-state index is -1.57. The van der Waals surface area contributed by atoms with E-state index >= 15 is 0 Å². The number of amides is 1. The van der Waals surface area contributed by atoms with E-state index in [4.69, 9.17) is 18.0 Å². The maximum atomic E-state index is 14.3. The van der Waals surface area contributed by atoms with Crippen molar-refractivity contribution in [1.82, 2.24) is 9.80 Å². The van der Waals surface area contributed by atoms with Gasteiger partial charge in [-0.15, -0.1) is 0 Å². The van der Waals surface area contributed by atoms with Crippen LogP contribution in [0, 0.1) is 17.2 Å². The number of nitriles is 1. The summed E-state index contributed by atoms with van der Waals surface area (Å²) in [6.07, 6.45) is 0. The van der Waals surface area contributed by atoms with E-state index in [1.165, 1.54) is 9.80 Å². The molecule has 1 amide bonds. The number of ketones is 1. The summed E-state index contributed by atoms with van der Waals surface area (Å²) in [7, 11) is 0. The van der Waals surface area contributed by atoms with Gasteiger partial charge in [-0.3, -0.25) is 19.4 Å². The second-order valence-electron chi connectivity index (χ2n) is 8.20. The van der Waals surface area contributed by atoms with Gasteiger partial charge in [0.1, 0.15) is 5.82 Å². The first-order valence-corrected chi connectivity index (χ1v) is 11.2. The number of hydrogen-bond donors (Lipinski definition) is 1. The molecule has 6 nitrogen and oxygen atoms in total. The molecule has 3 aromatic carbocycles. The van der Waals surface area contributed by atoms with Crippen molar-refractivity contribution in [2.75, 3.05) is 0 Å². The number of hydrogen-bond acceptors (Lipinski definition) is 5. The molecule has 1 saturated heterocycles. The molecular weight excluding hydrogens is 444 g/mol. The van der Waals surface area contributed by atoms with Crippen LogP contribution in [0.3, 0.4) is 0 Å². The molecule has 0 bridgehead atoms. The Morgan fingerprint density at radius 3 is 2.12 bits per heavy atom. The van der Waals surface area contributed by atoms with E-state index in [9.17, 15) is 14.9 Å². The van der Waals surface area contributed by atoms with E-state index < -0.39 is 11.5 Å². The highest BCUT2D eigenvalue weighted by molar-refractivity contribution is 7.80. The Morgan fingerprint density at radius 1 is 0.971 bits per heavy atom. The highest BCUT2D eigenvalue weighted by Gasteiger charge is 2.68. The lowest BCUT2D eigenvalue weighted by Gasteiger charge is -2.35. The molecule has 2 aliphatic heterocycles. The second kappa shape index (κ2) is 8.25. The molecule has 3 aromatic rings. The molecule has 2 unspecified atom stereocenters. The number of thiocarbonyl (C=S) groups is 1. The van der Waals surface area contributed by atoms with Crippen LogP contribution in [-0.4, -0.2) is 26.6 Å². The van der Waals surface area contributed by atoms with Gasteiger partial charge in [0.05, 0.1) is 24.1 Å². The largest absolute Gasteiger partial charge is 0.384 e. The number of carbonyl (C=O) groups is 2. The summed E-state index contributed by atoms with van der Waals surface area (Å²) in [5.41, 5.74) is 6.79. The van der Waals surface area contributed by atoms with Crippen molar-refractivity contribution in [2.24, 2.45) is 11.7 Å². The number of Topliss-reactive ketones (excluding diaryl/α,β-unsaturated/α-hetero) is 1. The Labute approximate surface area is 202 Å². The van der Waals surface area contributed by atoms with Gasteiger partial charge in [-0.2, -0.15) is 5.26 Å². The van der Waals surface area contributed by atoms with Crippen LogP contribution in [-0.2, 0) is 16.9 Å². The van der Waals surface area contributed by atoms with E-state index in [0.29, 0.717) is 11.1 Å². The van der Waals surface area contributed by atoms with Crippen molar-refractivity contribution in [3.05, 3.63) is 119 Å². The third kappa shape index (κ3) is 2.96. The van der Waals surface area contributed by atoms with Crippen LogP contribution in [0.25, 0.3) is 0 Å². The quantitative estimate of drug-likeness (QED) is 0.457. The minimum absolute atomic E-state index is 0.0366. The normalized spacial score (nSPS) is 21.6. The van der Waals surface area contributed by atoms with E-state index in [2.05, 4.69) is 6.07 Å². The zero-order chi connectivity index (χ0) is 23.9. The fourth-order valence-corrected chi connectivity index (χ4v) is 5.30. The van der Waals surface area contributed by atoms with Crippen LogP contribution < -0.4 is 5.73 Å². The highest BCUT2D eigenvalue weighted by Crippen LogP contribution is 2.53. The number of fused-ring (bicyclic) bond motifs is 1. The van der Waals surface area contributed by atoms with Crippen molar-refractivity contribution in [3.63, 3.8) is 0 Å². The number of nitrogens with zero attached hydrogens (tertiary/aromatic N) is 3. The molecule has 2 N–H and O–H groups in total. The highest BCUT2D eigenvalue weighted by atomic mass is 32.1. The molecule has 2 heterocycles. The first-order chi connectivity index (χ1) is 16.5. The zero-order valence-corrected chi connectivity index (χ0v) is 18.9. The predicted molar refractivity (Wildman–Crippen MR) is 131 cm³/mol. The Bertz CT molecular complexity index is 1370. The van der Waals surface area contributed by atoms with E-state index in [1.54, 1.807) is 54.6 Å². The summed E-state index contributed by atoms with van der Waals surface area (Å²) in [6, 6.07) is 29.2. The molecule has 166 valence electrons. The van der Waals surface area contributed by atoms with Gasteiger partial charge in [-0.25, -0.2) is 0 Å². The number of nitrogens with two attached hydrogens (primary N) is 1. The molecule has 0 aromatic heterocycles. The average Bonchev–Trinajstić information content (AvgIpc) is 3.28. The van der Waals surface area contributed by atoms with Gasteiger partial charge in [-0.05, 0) is 23.3 Å². The zero-order valence-electron chi connectivity index (χ0n) is 18.1. The first-order valence-electron chi connectivity index (χ1n) is 10.8. The fourth-order valence-electron chi connectivity index (χ4n) is 4.91. The van der Waals surface area contributed by atoms with E-state index in [0.717, 1.165) is 5.56 Å². The maximum absolute atomic E-state index is 14.3. The summed E-state index contributed by atoms with van der Waals surface area (Å²) < 4.78 is 0. The summed E-state index contributed by atoms with van der Waals surface area (Å²) in [5.74, 6) is -1.85. The molecule has 2 aliphatic rings. The molecule has 0 saturated carbocycles. The minimum Gasteiger partial charge on any atom is -0.384 e. The number of rotatable bonds is 5. The Kier molecular flexibility index (Phi) is 5.23. The van der Waals surface area contributed by atoms with Crippen molar-refractivity contribution >= 4 is 29.0 Å². The number of carbonyl (C=O) groups excluding carboxylic acids is 2. The molecule has 1 fully saturated rings. The second-order valence-corrected chi connectivity index (χ2v) is 8.57. The van der Waals surface area contributed by atoms with Crippen LogP contribution in [0.4, 0.5) is 0 Å². The third-order valence-electron chi connectivity index (χ3n) is 6.41. The molecule has 0 aliphatic carbocycles.